The molecule has 0 atom stereocenters. The van der Waals surface area contributed by atoms with Gasteiger partial charge in [-0.2, -0.15) is 0 Å². The van der Waals surface area contributed by atoms with E-state index in [-0.39, 0.29) is 17.3 Å². The van der Waals surface area contributed by atoms with Gasteiger partial charge in [0.1, 0.15) is 5.75 Å². The summed E-state index contributed by atoms with van der Waals surface area (Å²) in [5.74, 6) is 0.575. The van der Waals surface area contributed by atoms with E-state index in [2.05, 4.69) is 4.99 Å². The van der Waals surface area contributed by atoms with Crippen molar-refractivity contribution in [3.8, 4) is 17.2 Å². The second-order valence-electron chi connectivity index (χ2n) is 7.69. The van der Waals surface area contributed by atoms with Crippen molar-refractivity contribution in [2.24, 2.45) is 4.99 Å². The average Bonchev–Trinajstić information content (AvgIpc) is 3.21. The van der Waals surface area contributed by atoms with E-state index in [1.54, 1.807) is 66.7 Å². The first-order valence-corrected chi connectivity index (χ1v) is 11.3. The fourth-order valence-corrected chi connectivity index (χ4v) is 3.45. The van der Waals surface area contributed by atoms with Crippen molar-refractivity contribution in [2.45, 2.75) is 20.8 Å². The summed E-state index contributed by atoms with van der Waals surface area (Å²) >= 11 is 0. The Balaban J connectivity index is 1.56. The van der Waals surface area contributed by atoms with Gasteiger partial charge >= 0.3 is 11.9 Å². The van der Waals surface area contributed by atoms with Crippen LogP contribution >= 0.6 is 0 Å². The van der Waals surface area contributed by atoms with Crippen molar-refractivity contribution in [1.29, 1.82) is 0 Å². The first-order chi connectivity index (χ1) is 17.0. The molecule has 0 aromatic heterocycles. The van der Waals surface area contributed by atoms with Crippen LogP contribution in [0.25, 0.3) is 6.08 Å². The number of rotatable bonds is 8. The molecular formula is C28H25NO6. The van der Waals surface area contributed by atoms with Crippen molar-refractivity contribution < 1.29 is 28.5 Å². The maximum absolute atomic E-state index is 12.6. The van der Waals surface area contributed by atoms with Gasteiger partial charge in [-0.15, -0.1) is 0 Å². The monoisotopic (exact) mass is 471 g/mol. The molecule has 35 heavy (non-hydrogen) atoms. The second kappa shape index (κ2) is 10.7. The quantitative estimate of drug-likeness (QED) is 0.250. The minimum Gasteiger partial charge on any atom is -0.494 e. The summed E-state index contributed by atoms with van der Waals surface area (Å²) in [7, 11) is 0. The van der Waals surface area contributed by atoms with Gasteiger partial charge in [0, 0.05) is 5.56 Å². The van der Waals surface area contributed by atoms with Crippen LogP contribution in [0.4, 0.5) is 0 Å². The Kier molecular flexibility index (Phi) is 7.26. The highest BCUT2D eigenvalue weighted by molar-refractivity contribution is 6.12. The Morgan fingerprint density at radius 1 is 0.943 bits per heavy atom. The summed E-state index contributed by atoms with van der Waals surface area (Å²) in [4.78, 5) is 29.3. The molecule has 1 aliphatic heterocycles. The average molecular weight is 472 g/mol. The zero-order chi connectivity index (χ0) is 24.8. The molecule has 0 unspecified atom stereocenters. The van der Waals surface area contributed by atoms with Crippen molar-refractivity contribution in [3.05, 3.63) is 94.7 Å². The van der Waals surface area contributed by atoms with Crippen LogP contribution < -0.4 is 14.2 Å². The molecule has 0 spiro atoms. The zero-order valence-electron chi connectivity index (χ0n) is 19.7. The molecular weight excluding hydrogens is 446 g/mol. The number of cyclic esters (lactones) is 1. The molecule has 7 nitrogen and oxygen atoms in total. The Morgan fingerprint density at radius 3 is 2.43 bits per heavy atom. The third-order valence-electron chi connectivity index (χ3n) is 5.06. The van der Waals surface area contributed by atoms with E-state index in [1.165, 1.54) is 0 Å². The van der Waals surface area contributed by atoms with E-state index in [9.17, 15) is 9.59 Å². The number of hydrogen-bond acceptors (Lipinski definition) is 7. The molecule has 1 heterocycles. The Labute approximate surface area is 203 Å². The lowest BCUT2D eigenvalue weighted by molar-refractivity contribution is -0.129. The first kappa shape index (κ1) is 23.8. The van der Waals surface area contributed by atoms with Crippen LogP contribution in [0, 0.1) is 6.92 Å². The fraction of sp³-hybridized carbons (Fsp3) is 0.179. The lowest BCUT2D eigenvalue weighted by Gasteiger charge is -2.11. The highest BCUT2D eigenvalue weighted by atomic mass is 16.6. The van der Waals surface area contributed by atoms with Gasteiger partial charge in [-0.3, -0.25) is 0 Å². The SMILES string of the molecule is CCOc1ccc(C2=N/C(=C\c3ccc(OC(=O)c4cccc(C)c4)c(OCC)c3)C(=O)O2)cc1. The maximum Gasteiger partial charge on any atom is 0.363 e. The summed E-state index contributed by atoms with van der Waals surface area (Å²) in [5.41, 5.74) is 2.87. The van der Waals surface area contributed by atoms with Gasteiger partial charge in [-0.25, -0.2) is 14.6 Å². The van der Waals surface area contributed by atoms with Crippen molar-refractivity contribution in [1.82, 2.24) is 0 Å². The van der Waals surface area contributed by atoms with Gasteiger partial charge in [0.05, 0.1) is 18.8 Å². The lowest BCUT2D eigenvalue weighted by atomic mass is 10.1. The molecule has 0 bridgehead atoms. The first-order valence-electron chi connectivity index (χ1n) is 11.3. The number of aryl methyl sites for hydroxylation is 1. The number of nitrogens with zero attached hydrogens (tertiary/aromatic N) is 1. The molecule has 178 valence electrons. The Bertz CT molecular complexity index is 1310. The van der Waals surface area contributed by atoms with Gasteiger partial charge in [0.15, 0.2) is 17.2 Å². The molecule has 7 heteroatoms. The van der Waals surface area contributed by atoms with Crippen LogP contribution in [-0.2, 0) is 9.53 Å². The van der Waals surface area contributed by atoms with Crippen molar-refractivity contribution in [3.63, 3.8) is 0 Å². The molecule has 0 saturated heterocycles. The topological polar surface area (TPSA) is 83.4 Å². The van der Waals surface area contributed by atoms with Crippen LogP contribution in [0.5, 0.6) is 17.2 Å². The van der Waals surface area contributed by atoms with Crippen LogP contribution in [-0.4, -0.2) is 31.1 Å². The van der Waals surface area contributed by atoms with Gasteiger partial charge in [0.2, 0.25) is 5.90 Å². The molecule has 0 fully saturated rings. The maximum atomic E-state index is 12.6. The van der Waals surface area contributed by atoms with Crippen LogP contribution in [0.1, 0.15) is 40.9 Å². The van der Waals surface area contributed by atoms with E-state index < -0.39 is 11.9 Å². The molecule has 3 aromatic rings. The van der Waals surface area contributed by atoms with Crippen molar-refractivity contribution in [2.75, 3.05) is 13.2 Å². The minimum atomic E-state index is -0.554. The third kappa shape index (κ3) is 5.76. The predicted molar refractivity (Wildman–Crippen MR) is 132 cm³/mol. The molecule has 0 N–H and O–H groups in total. The Morgan fingerprint density at radius 2 is 1.71 bits per heavy atom. The summed E-state index contributed by atoms with van der Waals surface area (Å²) in [6.45, 7) is 6.58. The third-order valence-corrected chi connectivity index (χ3v) is 5.06. The number of hydrogen-bond donors (Lipinski definition) is 0. The summed E-state index contributed by atoms with van der Waals surface area (Å²) in [5, 5.41) is 0. The molecule has 0 amide bonds. The molecule has 1 aliphatic rings. The number of aliphatic imine (C=N–C) groups is 1. The summed E-state index contributed by atoms with van der Waals surface area (Å²) in [6.07, 6.45) is 1.60. The van der Waals surface area contributed by atoms with E-state index >= 15 is 0 Å². The highest BCUT2D eigenvalue weighted by Gasteiger charge is 2.24. The van der Waals surface area contributed by atoms with Gasteiger partial charge < -0.3 is 18.9 Å². The normalized spacial score (nSPS) is 13.9. The number of carbonyl (C=O) groups is 2. The predicted octanol–water partition coefficient (Wildman–Crippen LogP) is 5.36. The number of ether oxygens (including phenoxy) is 4. The highest BCUT2D eigenvalue weighted by Crippen LogP contribution is 2.31. The molecule has 0 radical (unpaired) electrons. The fourth-order valence-electron chi connectivity index (χ4n) is 3.45. The standard InChI is InChI=1S/C28H25NO6/c1-4-32-22-12-10-20(11-13-22)26-29-23(28(31)35-26)16-19-9-14-24(25(17-19)33-5-2)34-27(30)21-8-6-7-18(3)15-21/h6-17H,4-5H2,1-3H3/b23-16-. The number of benzene rings is 3. The van der Waals surface area contributed by atoms with Gasteiger partial charge in [0.25, 0.3) is 0 Å². The lowest BCUT2D eigenvalue weighted by Crippen LogP contribution is -2.10. The number of esters is 2. The van der Waals surface area contributed by atoms with Gasteiger partial charge in [-0.1, -0.05) is 23.8 Å². The van der Waals surface area contributed by atoms with E-state index in [4.69, 9.17) is 18.9 Å². The molecule has 4 rings (SSSR count). The second-order valence-corrected chi connectivity index (χ2v) is 7.69. The van der Waals surface area contributed by atoms with E-state index in [0.717, 1.165) is 11.3 Å². The largest absolute Gasteiger partial charge is 0.494 e. The van der Waals surface area contributed by atoms with Gasteiger partial charge in [-0.05, 0) is 80.9 Å². The van der Waals surface area contributed by atoms with E-state index in [0.29, 0.717) is 35.7 Å². The van der Waals surface area contributed by atoms with Crippen LogP contribution in [0.15, 0.2) is 77.4 Å². The molecule has 0 saturated carbocycles. The molecule has 0 aliphatic carbocycles. The minimum absolute atomic E-state index is 0.154. The number of carbonyl (C=O) groups excluding carboxylic acids is 2. The van der Waals surface area contributed by atoms with Crippen LogP contribution in [0.3, 0.4) is 0 Å². The van der Waals surface area contributed by atoms with E-state index in [1.807, 2.05) is 26.8 Å². The van der Waals surface area contributed by atoms with Crippen molar-refractivity contribution >= 4 is 23.9 Å². The summed E-state index contributed by atoms with van der Waals surface area (Å²) < 4.78 is 22.0. The summed E-state index contributed by atoms with van der Waals surface area (Å²) in [6, 6.07) is 19.3. The van der Waals surface area contributed by atoms with Crippen LogP contribution in [0.2, 0.25) is 0 Å². The smallest absolute Gasteiger partial charge is 0.363 e. The zero-order valence-corrected chi connectivity index (χ0v) is 19.7. The Hall–Kier alpha value is -4.39. The molecule has 3 aromatic carbocycles.